The van der Waals surface area contributed by atoms with Crippen molar-refractivity contribution < 1.29 is 13.2 Å². The zero-order chi connectivity index (χ0) is 15.5. The molecule has 126 valence electrons. The van der Waals surface area contributed by atoms with Crippen LogP contribution in [-0.2, 0) is 10.0 Å². The summed E-state index contributed by atoms with van der Waals surface area (Å²) in [6.07, 6.45) is 1.61. The molecule has 2 rings (SSSR count). The summed E-state index contributed by atoms with van der Waals surface area (Å²) < 4.78 is 32.4. The molecule has 0 spiro atoms. The van der Waals surface area contributed by atoms with Gasteiger partial charge in [-0.3, -0.25) is 0 Å². The molecule has 1 aromatic carbocycles. The lowest BCUT2D eigenvalue weighted by atomic mass is 10.2. The van der Waals surface area contributed by atoms with Gasteiger partial charge in [0, 0.05) is 19.1 Å². The predicted octanol–water partition coefficient (Wildman–Crippen LogP) is 2.53. The highest BCUT2D eigenvalue weighted by molar-refractivity contribution is 7.89. The van der Waals surface area contributed by atoms with Crippen LogP contribution in [0, 0.1) is 0 Å². The van der Waals surface area contributed by atoms with Crippen molar-refractivity contribution in [3.8, 4) is 5.75 Å². The Morgan fingerprint density at radius 1 is 1.45 bits per heavy atom. The Balaban J connectivity index is 0.00000242. The Morgan fingerprint density at radius 3 is 2.68 bits per heavy atom. The standard InChI is InChI=1S/C14H21ClN2O3S.ClH/c1-3-8-17(11-6-7-16-10-11)21(18,19)12-4-5-14(20-2)13(15)9-12;/h4-5,9,11,16H,3,6-8,10H2,1-2H3;1H. The fourth-order valence-electron chi connectivity index (χ4n) is 2.55. The summed E-state index contributed by atoms with van der Waals surface area (Å²) in [6, 6.07) is 4.61. The van der Waals surface area contributed by atoms with Crippen molar-refractivity contribution in [1.29, 1.82) is 0 Å². The van der Waals surface area contributed by atoms with Crippen LogP contribution in [0.2, 0.25) is 5.02 Å². The van der Waals surface area contributed by atoms with E-state index in [1.807, 2.05) is 6.92 Å². The van der Waals surface area contributed by atoms with Gasteiger partial charge in [0.25, 0.3) is 0 Å². The first-order valence-electron chi connectivity index (χ1n) is 7.06. The molecule has 1 atom stereocenters. The van der Waals surface area contributed by atoms with Gasteiger partial charge < -0.3 is 10.1 Å². The number of nitrogens with one attached hydrogen (secondary N) is 1. The smallest absolute Gasteiger partial charge is 0.243 e. The van der Waals surface area contributed by atoms with Crippen LogP contribution in [0.15, 0.2) is 23.1 Å². The van der Waals surface area contributed by atoms with Crippen LogP contribution >= 0.6 is 24.0 Å². The summed E-state index contributed by atoms with van der Waals surface area (Å²) in [6.45, 7) is 4.04. The second-order valence-electron chi connectivity index (χ2n) is 5.06. The Labute approximate surface area is 143 Å². The maximum absolute atomic E-state index is 12.9. The number of rotatable bonds is 6. The number of methoxy groups -OCH3 is 1. The summed E-state index contributed by atoms with van der Waals surface area (Å²) in [5, 5.41) is 3.52. The fraction of sp³-hybridized carbons (Fsp3) is 0.571. The number of sulfonamides is 1. The topological polar surface area (TPSA) is 58.6 Å². The molecule has 1 N–H and O–H groups in total. The molecule has 1 unspecified atom stereocenters. The highest BCUT2D eigenvalue weighted by atomic mass is 35.5. The minimum absolute atomic E-state index is 0. The van der Waals surface area contributed by atoms with Crippen LogP contribution in [0.3, 0.4) is 0 Å². The van der Waals surface area contributed by atoms with Gasteiger partial charge in [0.05, 0.1) is 17.0 Å². The van der Waals surface area contributed by atoms with Gasteiger partial charge in [-0.15, -0.1) is 12.4 Å². The molecular weight excluding hydrogens is 347 g/mol. The van der Waals surface area contributed by atoms with Gasteiger partial charge >= 0.3 is 0 Å². The molecule has 5 nitrogen and oxygen atoms in total. The van der Waals surface area contributed by atoms with Crippen molar-refractivity contribution in [2.45, 2.75) is 30.7 Å². The van der Waals surface area contributed by atoms with E-state index in [2.05, 4.69) is 5.32 Å². The first kappa shape index (κ1) is 19.5. The normalized spacial score (nSPS) is 18.3. The van der Waals surface area contributed by atoms with Gasteiger partial charge in [-0.1, -0.05) is 18.5 Å². The molecule has 8 heteroatoms. The molecule has 1 aliphatic rings. The lowest BCUT2D eigenvalue weighted by molar-refractivity contribution is 0.335. The molecule has 0 radical (unpaired) electrons. The number of hydrogen-bond donors (Lipinski definition) is 1. The van der Waals surface area contributed by atoms with Crippen LogP contribution in [0.5, 0.6) is 5.75 Å². The summed E-state index contributed by atoms with van der Waals surface area (Å²) in [4.78, 5) is 0.216. The van der Waals surface area contributed by atoms with Crippen LogP contribution in [0.25, 0.3) is 0 Å². The van der Waals surface area contributed by atoms with E-state index in [9.17, 15) is 8.42 Å². The van der Waals surface area contributed by atoms with E-state index in [0.717, 1.165) is 19.4 Å². The van der Waals surface area contributed by atoms with Gasteiger partial charge in [-0.25, -0.2) is 8.42 Å². The zero-order valence-electron chi connectivity index (χ0n) is 12.7. The van der Waals surface area contributed by atoms with E-state index in [0.29, 0.717) is 23.9 Å². The molecule has 0 saturated carbocycles. The predicted molar refractivity (Wildman–Crippen MR) is 90.7 cm³/mol. The van der Waals surface area contributed by atoms with Gasteiger partial charge in [0.15, 0.2) is 0 Å². The van der Waals surface area contributed by atoms with Gasteiger partial charge in [-0.05, 0) is 37.6 Å². The molecule has 0 aromatic heterocycles. The summed E-state index contributed by atoms with van der Waals surface area (Å²) in [5.41, 5.74) is 0. The fourth-order valence-corrected chi connectivity index (χ4v) is 4.64. The zero-order valence-corrected chi connectivity index (χ0v) is 15.1. The van der Waals surface area contributed by atoms with Gasteiger partial charge in [0.1, 0.15) is 5.75 Å². The Bertz CT molecular complexity index is 590. The van der Waals surface area contributed by atoms with Crippen LogP contribution < -0.4 is 10.1 Å². The lowest BCUT2D eigenvalue weighted by Gasteiger charge is -2.27. The molecule has 22 heavy (non-hydrogen) atoms. The van der Waals surface area contributed by atoms with Crippen molar-refractivity contribution in [3.05, 3.63) is 23.2 Å². The molecule has 0 aliphatic carbocycles. The monoisotopic (exact) mass is 368 g/mol. The lowest BCUT2D eigenvalue weighted by Crippen LogP contribution is -2.41. The van der Waals surface area contributed by atoms with E-state index in [4.69, 9.17) is 16.3 Å². The van der Waals surface area contributed by atoms with Crippen LogP contribution in [0.1, 0.15) is 19.8 Å². The van der Waals surface area contributed by atoms with E-state index in [-0.39, 0.29) is 23.3 Å². The molecule has 0 amide bonds. The molecule has 1 aromatic rings. The van der Waals surface area contributed by atoms with E-state index < -0.39 is 10.0 Å². The number of benzene rings is 1. The van der Waals surface area contributed by atoms with Crippen molar-refractivity contribution in [3.63, 3.8) is 0 Å². The first-order chi connectivity index (χ1) is 10.0. The number of halogens is 2. The molecule has 0 bridgehead atoms. The van der Waals surface area contributed by atoms with E-state index >= 15 is 0 Å². The Hall–Kier alpha value is -0.530. The maximum atomic E-state index is 12.9. The third-order valence-corrected chi connectivity index (χ3v) is 5.86. The Morgan fingerprint density at radius 2 is 2.18 bits per heavy atom. The van der Waals surface area contributed by atoms with E-state index in [1.165, 1.54) is 13.2 Å². The second kappa shape index (κ2) is 8.36. The average Bonchev–Trinajstić information content (AvgIpc) is 2.98. The molecular formula is C14H22Cl2N2O3S. The highest BCUT2D eigenvalue weighted by Gasteiger charge is 2.32. The minimum Gasteiger partial charge on any atom is -0.495 e. The van der Waals surface area contributed by atoms with Crippen molar-refractivity contribution >= 4 is 34.0 Å². The van der Waals surface area contributed by atoms with Crippen molar-refractivity contribution in [1.82, 2.24) is 9.62 Å². The average molecular weight is 369 g/mol. The highest BCUT2D eigenvalue weighted by Crippen LogP contribution is 2.29. The van der Waals surface area contributed by atoms with Crippen molar-refractivity contribution in [2.24, 2.45) is 0 Å². The van der Waals surface area contributed by atoms with E-state index in [1.54, 1.807) is 16.4 Å². The van der Waals surface area contributed by atoms with Gasteiger partial charge in [0.2, 0.25) is 10.0 Å². The minimum atomic E-state index is -3.54. The number of hydrogen-bond acceptors (Lipinski definition) is 4. The largest absolute Gasteiger partial charge is 0.495 e. The third-order valence-electron chi connectivity index (χ3n) is 3.62. The summed E-state index contributed by atoms with van der Waals surface area (Å²) in [7, 11) is -2.04. The summed E-state index contributed by atoms with van der Waals surface area (Å²) >= 11 is 6.06. The van der Waals surface area contributed by atoms with Crippen LogP contribution in [-0.4, -0.2) is 45.5 Å². The van der Waals surface area contributed by atoms with Gasteiger partial charge in [-0.2, -0.15) is 4.31 Å². The van der Waals surface area contributed by atoms with Crippen LogP contribution in [0.4, 0.5) is 0 Å². The SMILES string of the molecule is CCCN(C1CCNC1)S(=O)(=O)c1ccc(OC)c(Cl)c1.Cl. The molecule has 1 aliphatic heterocycles. The summed E-state index contributed by atoms with van der Waals surface area (Å²) in [5.74, 6) is 0.472. The quantitative estimate of drug-likeness (QED) is 0.837. The second-order valence-corrected chi connectivity index (χ2v) is 7.36. The Kier molecular flexibility index (Phi) is 7.41. The molecule has 1 saturated heterocycles. The molecule has 1 fully saturated rings. The third kappa shape index (κ3) is 4.06. The first-order valence-corrected chi connectivity index (χ1v) is 8.88. The number of ether oxygens (including phenoxy) is 1. The van der Waals surface area contributed by atoms with Crippen molar-refractivity contribution in [2.75, 3.05) is 26.7 Å². The number of nitrogens with zero attached hydrogens (tertiary/aromatic N) is 1. The maximum Gasteiger partial charge on any atom is 0.243 e. The molecule has 1 heterocycles.